The van der Waals surface area contributed by atoms with Crippen molar-refractivity contribution >= 4 is 61.8 Å². The van der Waals surface area contributed by atoms with Gasteiger partial charge in [0.15, 0.2) is 0 Å². The van der Waals surface area contributed by atoms with Gasteiger partial charge in [0.2, 0.25) is 5.13 Å². The van der Waals surface area contributed by atoms with Crippen molar-refractivity contribution in [3.8, 4) is 11.3 Å². The summed E-state index contributed by atoms with van der Waals surface area (Å²) in [6.07, 6.45) is 1.64. The van der Waals surface area contributed by atoms with Crippen LogP contribution < -0.4 is 5.43 Å². The van der Waals surface area contributed by atoms with E-state index in [2.05, 4.69) is 31.4 Å². The summed E-state index contributed by atoms with van der Waals surface area (Å²) in [6.45, 7) is 0. The highest BCUT2D eigenvalue weighted by atomic mass is 79.9. The first-order valence-electron chi connectivity index (χ1n) is 6.57. The Bertz CT molecular complexity index is 847. The molecule has 23 heavy (non-hydrogen) atoms. The van der Waals surface area contributed by atoms with Crippen LogP contribution in [-0.2, 0) is 0 Å². The molecule has 1 heterocycles. The summed E-state index contributed by atoms with van der Waals surface area (Å²) in [7, 11) is 0. The Hall–Kier alpha value is -1.40. The minimum Gasteiger partial charge on any atom is -0.253 e. The third-order valence-electron chi connectivity index (χ3n) is 2.97. The molecule has 0 atom stereocenters. The second-order valence-electron chi connectivity index (χ2n) is 4.58. The van der Waals surface area contributed by atoms with Gasteiger partial charge in [-0.2, -0.15) is 5.10 Å². The lowest BCUT2D eigenvalue weighted by Gasteiger charge is -1.98. The molecule has 0 unspecified atom stereocenters. The Morgan fingerprint density at radius 2 is 1.91 bits per heavy atom. The molecule has 0 aliphatic heterocycles. The first-order chi connectivity index (χ1) is 11.1. The fraction of sp³-hybridized carbons (Fsp3) is 0. The number of hydrogen-bond acceptors (Lipinski definition) is 4. The number of anilines is 1. The van der Waals surface area contributed by atoms with Crippen molar-refractivity contribution in [2.45, 2.75) is 0 Å². The van der Waals surface area contributed by atoms with Crippen LogP contribution in [-0.4, -0.2) is 11.2 Å². The van der Waals surface area contributed by atoms with E-state index in [-0.39, 0.29) is 0 Å². The molecule has 0 radical (unpaired) electrons. The minimum atomic E-state index is 0.553. The van der Waals surface area contributed by atoms with E-state index in [0.29, 0.717) is 15.2 Å². The minimum absolute atomic E-state index is 0.553. The SMILES string of the molecule is Clc1ccc(C=NNc2nc(-c3ccc(Br)cc3)cs2)c(Cl)c1. The van der Waals surface area contributed by atoms with Gasteiger partial charge in [0.1, 0.15) is 0 Å². The van der Waals surface area contributed by atoms with Gasteiger partial charge in [-0.1, -0.05) is 57.3 Å². The standard InChI is InChI=1S/C16H10BrCl2N3S/c17-12-4-1-10(2-5-12)15-9-23-16(21-15)22-20-8-11-3-6-13(18)7-14(11)19/h1-9H,(H,21,22). The molecule has 0 saturated carbocycles. The van der Waals surface area contributed by atoms with E-state index in [4.69, 9.17) is 23.2 Å². The van der Waals surface area contributed by atoms with Crippen molar-refractivity contribution < 1.29 is 0 Å². The number of nitrogens with one attached hydrogen (secondary N) is 1. The van der Waals surface area contributed by atoms with E-state index < -0.39 is 0 Å². The van der Waals surface area contributed by atoms with Gasteiger partial charge in [-0.3, -0.25) is 5.43 Å². The maximum absolute atomic E-state index is 6.09. The fourth-order valence-electron chi connectivity index (χ4n) is 1.84. The molecule has 3 aromatic rings. The van der Waals surface area contributed by atoms with Crippen molar-refractivity contribution in [1.82, 2.24) is 4.98 Å². The number of hydrazone groups is 1. The van der Waals surface area contributed by atoms with Gasteiger partial charge >= 0.3 is 0 Å². The summed E-state index contributed by atoms with van der Waals surface area (Å²) >= 11 is 16.9. The lowest BCUT2D eigenvalue weighted by molar-refractivity contribution is 1.29. The lowest BCUT2D eigenvalue weighted by Crippen LogP contribution is -1.91. The molecule has 7 heteroatoms. The summed E-state index contributed by atoms with van der Waals surface area (Å²) in [6, 6.07) is 13.3. The maximum atomic E-state index is 6.09. The van der Waals surface area contributed by atoms with Gasteiger partial charge < -0.3 is 0 Å². The second-order valence-corrected chi connectivity index (χ2v) is 7.20. The van der Waals surface area contributed by atoms with E-state index in [1.807, 2.05) is 35.7 Å². The van der Waals surface area contributed by atoms with Gasteiger partial charge in [0, 0.05) is 26.0 Å². The molecule has 3 nitrogen and oxygen atoms in total. The number of benzene rings is 2. The van der Waals surface area contributed by atoms with Crippen LogP contribution in [0, 0.1) is 0 Å². The molecule has 3 rings (SSSR count). The normalized spacial score (nSPS) is 11.1. The highest BCUT2D eigenvalue weighted by molar-refractivity contribution is 9.10. The quantitative estimate of drug-likeness (QED) is 0.391. The number of nitrogens with zero attached hydrogens (tertiary/aromatic N) is 2. The first kappa shape index (κ1) is 16.5. The van der Waals surface area contributed by atoms with Crippen LogP contribution in [0.4, 0.5) is 5.13 Å². The van der Waals surface area contributed by atoms with Crippen molar-refractivity contribution in [1.29, 1.82) is 0 Å². The molecule has 0 bridgehead atoms. The molecule has 0 aliphatic rings. The Kier molecular flexibility index (Phi) is 5.33. The zero-order valence-corrected chi connectivity index (χ0v) is 15.5. The van der Waals surface area contributed by atoms with Crippen LogP contribution in [0.1, 0.15) is 5.56 Å². The molecule has 2 aromatic carbocycles. The van der Waals surface area contributed by atoms with Gasteiger partial charge in [-0.25, -0.2) is 4.98 Å². The predicted molar refractivity (Wildman–Crippen MR) is 103 cm³/mol. The van der Waals surface area contributed by atoms with Crippen LogP contribution in [0.2, 0.25) is 10.0 Å². The van der Waals surface area contributed by atoms with Crippen molar-refractivity contribution in [2.75, 3.05) is 5.43 Å². The largest absolute Gasteiger partial charge is 0.253 e. The lowest BCUT2D eigenvalue weighted by atomic mass is 10.2. The van der Waals surface area contributed by atoms with Crippen LogP contribution in [0.5, 0.6) is 0 Å². The highest BCUT2D eigenvalue weighted by Crippen LogP contribution is 2.26. The van der Waals surface area contributed by atoms with Crippen molar-refractivity contribution in [2.24, 2.45) is 5.10 Å². The van der Waals surface area contributed by atoms with Crippen molar-refractivity contribution in [3.05, 3.63) is 67.9 Å². The van der Waals surface area contributed by atoms with Crippen LogP contribution in [0.3, 0.4) is 0 Å². The first-order valence-corrected chi connectivity index (χ1v) is 9.00. The van der Waals surface area contributed by atoms with Crippen LogP contribution in [0.25, 0.3) is 11.3 Å². The van der Waals surface area contributed by atoms with Gasteiger partial charge in [-0.05, 0) is 24.3 Å². The molecule has 0 fully saturated rings. The zero-order chi connectivity index (χ0) is 16.2. The summed E-state index contributed by atoms with van der Waals surface area (Å²) in [4.78, 5) is 4.50. The monoisotopic (exact) mass is 425 g/mol. The molecule has 0 saturated heterocycles. The zero-order valence-electron chi connectivity index (χ0n) is 11.6. The highest BCUT2D eigenvalue weighted by Gasteiger charge is 2.04. The molecule has 1 aromatic heterocycles. The molecule has 0 aliphatic carbocycles. The Labute approximate surface area is 156 Å². The smallest absolute Gasteiger partial charge is 0.203 e. The average Bonchev–Trinajstić information content (AvgIpc) is 2.99. The number of hydrogen-bond donors (Lipinski definition) is 1. The Morgan fingerprint density at radius 1 is 1.13 bits per heavy atom. The average molecular weight is 427 g/mol. The molecular formula is C16H10BrCl2N3S. The number of rotatable bonds is 4. The molecule has 0 amide bonds. The third-order valence-corrected chi connectivity index (χ3v) is 4.81. The molecule has 1 N–H and O–H groups in total. The number of halogens is 3. The topological polar surface area (TPSA) is 37.3 Å². The molecule has 0 spiro atoms. The van der Waals surface area contributed by atoms with E-state index in [1.54, 1.807) is 18.3 Å². The van der Waals surface area contributed by atoms with Gasteiger partial charge in [0.25, 0.3) is 0 Å². The number of aromatic nitrogens is 1. The molecule has 116 valence electrons. The second kappa shape index (κ2) is 7.45. The van der Waals surface area contributed by atoms with E-state index in [0.717, 1.165) is 21.3 Å². The summed E-state index contributed by atoms with van der Waals surface area (Å²) in [5, 5.41) is 8.01. The van der Waals surface area contributed by atoms with Crippen LogP contribution >= 0.6 is 50.5 Å². The number of thiazole rings is 1. The summed E-state index contributed by atoms with van der Waals surface area (Å²) in [5.41, 5.74) is 5.66. The summed E-state index contributed by atoms with van der Waals surface area (Å²) < 4.78 is 1.04. The summed E-state index contributed by atoms with van der Waals surface area (Å²) in [5.74, 6) is 0. The van der Waals surface area contributed by atoms with E-state index in [9.17, 15) is 0 Å². The Morgan fingerprint density at radius 3 is 2.65 bits per heavy atom. The van der Waals surface area contributed by atoms with Gasteiger partial charge in [0.05, 0.1) is 16.9 Å². The van der Waals surface area contributed by atoms with E-state index >= 15 is 0 Å². The van der Waals surface area contributed by atoms with Crippen LogP contribution in [0.15, 0.2) is 57.4 Å². The fourth-order valence-corrected chi connectivity index (χ4v) is 3.23. The van der Waals surface area contributed by atoms with Gasteiger partial charge in [-0.15, -0.1) is 11.3 Å². The third kappa shape index (κ3) is 4.32. The maximum Gasteiger partial charge on any atom is 0.203 e. The molecular weight excluding hydrogens is 417 g/mol. The predicted octanol–water partition coefficient (Wildman–Crippen LogP) is 6.33. The Balaban J connectivity index is 1.69. The van der Waals surface area contributed by atoms with E-state index in [1.165, 1.54) is 11.3 Å². The van der Waals surface area contributed by atoms with Crippen molar-refractivity contribution in [3.63, 3.8) is 0 Å².